The highest BCUT2D eigenvalue weighted by molar-refractivity contribution is 6.01. The molecule has 0 saturated carbocycles. The molecule has 0 unspecified atom stereocenters. The molecule has 0 N–H and O–H groups in total. The van der Waals surface area contributed by atoms with Crippen LogP contribution in [0.3, 0.4) is 0 Å². The second-order valence-corrected chi connectivity index (χ2v) is 16.6. The van der Waals surface area contributed by atoms with E-state index >= 15 is 0 Å². The fraction of sp³-hybridized carbons (Fsp3) is 0.523. The topological polar surface area (TPSA) is 43.6 Å². The van der Waals surface area contributed by atoms with Crippen molar-refractivity contribution in [1.82, 2.24) is 9.48 Å². The molecule has 5 nitrogen and oxygen atoms in total. The van der Waals surface area contributed by atoms with E-state index in [0.717, 1.165) is 62.9 Å². The summed E-state index contributed by atoms with van der Waals surface area (Å²) in [7, 11) is 1.89. The number of fused-ring (bicyclic) bond motifs is 4. The summed E-state index contributed by atoms with van der Waals surface area (Å²) in [5.74, 6) is 0.323. The van der Waals surface area contributed by atoms with Gasteiger partial charge in [0.1, 0.15) is 18.9 Å². The first-order valence-electron chi connectivity index (χ1n) is 19.0. The van der Waals surface area contributed by atoms with E-state index in [1.54, 1.807) is 0 Å². The van der Waals surface area contributed by atoms with Gasteiger partial charge in [-0.05, 0) is 116 Å². The maximum absolute atomic E-state index is 14.3. The fourth-order valence-electron chi connectivity index (χ4n) is 9.66. The number of rotatable bonds is 8. The Balaban J connectivity index is 1.45. The Kier molecular flexibility index (Phi) is 8.64. The van der Waals surface area contributed by atoms with Crippen molar-refractivity contribution in [2.45, 2.75) is 111 Å². The minimum absolute atomic E-state index is 0.0297. The van der Waals surface area contributed by atoms with Gasteiger partial charge >= 0.3 is 0 Å². The third kappa shape index (κ3) is 5.56. The van der Waals surface area contributed by atoms with E-state index in [-0.39, 0.29) is 28.6 Å². The number of hydrogen-bond acceptors (Lipinski definition) is 3. The first-order chi connectivity index (χ1) is 23.3. The van der Waals surface area contributed by atoms with Gasteiger partial charge in [0.15, 0.2) is 0 Å². The quantitative estimate of drug-likeness (QED) is 0.249. The van der Waals surface area contributed by atoms with Crippen LogP contribution in [0, 0.1) is 5.92 Å². The van der Waals surface area contributed by atoms with Gasteiger partial charge in [0.2, 0.25) is 5.36 Å². The Hall–Kier alpha value is -3.73. The highest BCUT2D eigenvalue weighted by Gasteiger charge is 2.41. The molecule has 3 aliphatic heterocycles. The number of carbonyl (C=O) groups excluding carboxylic acids is 2. The summed E-state index contributed by atoms with van der Waals surface area (Å²) in [5, 5.41) is 2.78. The first kappa shape index (κ1) is 33.8. The zero-order valence-corrected chi connectivity index (χ0v) is 31.3. The minimum Gasteiger partial charge on any atom is -0.366 e. The molecule has 0 fully saturated rings. The third-order valence-electron chi connectivity index (χ3n) is 12.3. The van der Waals surface area contributed by atoms with Crippen LogP contribution in [0.25, 0.3) is 17.2 Å². The van der Waals surface area contributed by atoms with Crippen molar-refractivity contribution in [3.05, 3.63) is 85.9 Å². The van der Waals surface area contributed by atoms with Crippen LogP contribution in [0.4, 0.5) is 5.69 Å². The van der Waals surface area contributed by atoms with E-state index in [9.17, 15) is 9.59 Å². The maximum Gasteiger partial charge on any atom is 0.254 e. The maximum atomic E-state index is 14.3. The zero-order valence-electron chi connectivity index (χ0n) is 31.3. The molecule has 0 spiro atoms. The van der Waals surface area contributed by atoms with E-state index in [1.165, 1.54) is 61.6 Å². The molecule has 49 heavy (non-hydrogen) atoms. The van der Waals surface area contributed by atoms with Crippen LogP contribution in [0.1, 0.15) is 124 Å². The summed E-state index contributed by atoms with van der Waals surface area (Å²) in [6.45, 7) is 19.7. The number of nitrogens with zero attached hydrogens (tertiary/aromatic N) is 3. The Morgan fingerprint density at radius 3 is 2.41 bits per heavy atom. The Morgan fingerprint density at radius 1 is 0.980 bits per heavy atom. The smallest absolute Gasteiger partial charge is 0.254 e. The van der Waals surface area contributed by atoms with Gasteiger partial charge in [-0.3, -0.25) is 9.59 Å². The number of amides is 1. The number of hydrogen-bond donors (Lipinski definition) is 0. The lowest BCUT2D eigenvalue weighted by molar-refractivity contribution is -0.122. The molecular weight excluding hydrogens is 603 g/mol. The van der Waals surface area contributed by atoms with Crippen molar-refractivity contribution in [2.75, 3.05) is 38.1 Å². The van der Waals surface area contributed by atoms with E-state index in [2.05, 4.69) is 74.4 Å². The number of carbonyl (C=O) groups is 2. The standard InChI is InChI=1S/C44H56N3O2/c1-9-47-37-27-36-30(25-29(37)20-21-43(47,4)5)26-35-39(33-17-12-23-46-24-13-18-34(41(33)46)40(35)44(36,6)7)31-15-10-11-16-32(31)42(49)45(8)22-14-19-38(48)28(2)3/h10-11,15-16,25-28H,9,12-14,17-24H2,1-8H3/q+1. The summed E-state index contributed by atoms with van der Waals surface area (Å²) in [5.41, 5.74) is 13.1. The predicted molar refractivity (Wildman–Crippen MR) is 202 cm³/mol. The van der Waals surface area contributed by atoms with Crippen LogP contribution >= 0.6 is 0 Å². The predicted octanol–water partition coefficient (Wildman–Crippen LogP) is 6.83. The van der Waals surface area contributed by atoms with E-state index in [4.69, 9.17) is 0 Å². The van der Waals surface area contributed by atoms with Crippen LogP contribution in [-0.2, 0) is 29.5 Å². The molecule has 258 valence electrons. The van der Waals surface area contributed by atoms with Crippen molar-refractivity contribution in [3.8, 4) is 11.1 Å². The first-order valence-corrected chi connectivity index (χ1v) is 19.0. The fourth-order valence-corrected chi connectivity index (χ4v) is 9.66. The van der Waals surface area contributed by atoms with E-state index in [1.807, 2.05) is 37.9 Å². The van der Waals surface area contributed by atoms with Gasteiger partial charge < -0.3 is 9.80 Å². The summed E-state index contributed by atoms with van der Waals surface area (Å²) in [6.07, 6.45) is 10.4. The summed E-state index contributed by atoms with van der Waals surface area (Å²) in [4.78, 5) is 31.1. The zero-order chi connectivity index (χ0) is 34.8. The van der Waals surface area contributed by atoms with Gasteiger partial charge in [0, 0.05) is 78.6 Å². The molecule has 3 aromatic rings. The number of aryl methyl sites for hydroxylation is 1. The molecule has 7 rings (SSSR count). The molecule has 4 aliphatic rings. The molecule has 0 bridgehead atoms. The Bertz CT molecular complexity index is 1980. The van der Waals surface area contributed by atoms with Crippen molar-refractivity contribution >= 4 is 23.5 Å². The number of benzene rings is 3. The lowest BCUT2D eigenvalue weighted by Crippen LogP contribution is -2.49. The summed E-state index contributed by atoms with van der Waals surface area (Å²) in [6, 6.07) is 13.4. The van der Waals surface area contributed by atoms with Crippen molar-refractivity contribution < 1.29 is 9.59 Å². The van der Waals surface area contributed by atoms with Crippen LogP contribution < -0.4 is 20.1 Å². The minimum atomic E-state index is -0.201. The van der Waals surface area contributed by atoms with Gasteiger partial charge in [-0.15, -0.1) is 0 Å². The van der Waals surface area contributed by atoms with Crippen molar-refractivity contribution in [2.24, 2.45) is 5.92 Å². The Morgan fingerprint density at radius 2 is 1.69 bits per heavy atom. The van der Waals surface area contributed by atoms with Gasteiger partial charge in [-0.25, -0.2) is 4.58 Å². The molecule has 3 aromatic carbocycles. The SMILES string of the molecule is CCN1c2cc3c(cc2CCC1(C)C)C=c1c(-c2ccccc2C(=O)N(C)CCCC(=O)C(C)C)c2c4c(c1C3(C)C)CCC[N+]=4CCC2. The average molecular weight is 659 g/mol. The molecule has 0 saturated heterocycles. The monoisotopic (exact) mass is 658 g/mol. The Labute approximate surface area is 293 Å². The highest BCUT2D eigenvalue weighted by atomic mass is 16.2. The van der Waals surface area contributed by atoms with Crippen molar-refractivity contribution in [1.29, 1.82) is 0 Å². The number of Topliss-reactive ketones (excluding diaryl/α,β-unsaturated/α-hetero) is 1. The summed E-state index contributed by atoms with van der Waals surface area (Å²) >= 11 is 0. The van der Waals surface area contributed by atoms with Crippen molar-refractivity contribution in [3.63, 3.8) is 0 Å². The third-order valence-corrected chi connectivity index (χ3v) is 12.3. The van der Waals surface area contributed by atoms with Gasteiger partial charge in [0.05, 0.1) is 0 Å². The second-order valence-electron chi connectivity index (χ2n) is 16.6. The average Bonchev–Trinajstić information content (AvgIpc) is 3.07. The molecule has 1 aliphatic carbocycles. The lowest BCUT2D eigenvalue weighted by Gasteiger charge is -2.46. The second kappa shape index (κ2) is 12.5. The molecule has 0 aromatic heterocycles. The highest BCUT2D eigenvalue weighted by Crippen LogP contribution is 2.45. The van der Waals surface area contributed by atoms with Gasteiger partial charge in [-0.1, -0.05) is 45.9 Å². The molecule has 5 heteroatoms. The molecular formula is C44H56N3O2+. The molecule has 0 atom stereocenters. The number of ketones is 1. The van der Waals surface area contributed by atoms with Gasteiger partial charge in [-0.2, -0.15) is 0 Å². The van der Waals surface area contributed by atoms with Crippen LogP contribution in [0.15, 0.2) is 36.4 Å². The molecule has 3 heterocycles. The van der Waals surface area contributed by atoms with Crippen LogP contribution in [-0.4, -0.2) is 55.4 Å². The number of anilines is 1. The normalized spacial score (nSPS) is 18.2. The lowest BCUT2D eigenvalue weighted by atomic mass is 9.66. The van der Waals surface area contributed by atoms with Crippen LogP contribution in [0.2, 0.25) is 0 Å². The van der Waals surface area contributed by atoms with E-state index < -0.39 is 0 Å². The van der Waals surface area contributed by atoms with Crippen LogP contribution in [0.5, 0.6) is 0 Å². The largest absolute Gasteiger partial charge is 0.366 e. The molecule has 1 amide bonds. The molecule has 0 radical (unpaired) electrons. The van der Waals surface area contributed by atoms with Gasteiger partial charge in [0.25, 0.3) is 5.91 Å². The van der Waals surface area contributed by atoms with E-state index in [0.29, 0.717) is 19.4 Å². The summed E-state index contributed by atoms with van der Waals surface area (Å²) < 4.78 is 2.66.